The Morgan fingerprint density at radius 1 is 1.60 bits per heavy atom. The first kappa shape index (κ1) is 12.1. The number of hydrogen-bond donors (Lipinski definition) is 2. The maximum absolute atomic E-state index is 5.10. The molecular weight excluding hydrogens is 226 g/mol. The minimum atomic E-state index is 0.634. The van der Waals surface area contributed by atoms with Gasteiger partial charge < -0.3 is 10.6 Å². The second kappa shape index (κ2) is 7.36. The van der Waals surface area contributed by atoms with Gasteiger partial charge in [0.15, 0.2) is 10.2 Å². The number of nitrogens with zero attached hydrogens (tertiary/aromatic N) is 1. The smallest absolute Gasteiger partial charge is 0.188 e. The van der Waals surface area contributed by atoms with Crippen LogP contribution in [-0.4, -0.2) is 16.6 Å². The molecule has 1 aromatic heterocycles. The summed E-state index contributed by atoms with van der Waals surface area (Å²) in [6.45, 7) is 2.98. The van der Waals surface area contributed by atoms with Crippen molar-refractivity contribution in [3.8, 4) is 0 Å². The van der Waals surface area contributed by atoms with E-state index in [0.717, 1.165) is 24.5 Å². The first-order valence-corrected chi connectivity index (χ1v) is 6.21. The number of allylic oxidation sites excluding steroid dienone is 1. The van der Waals surface area contributed by atoms with Crippen LogP contribution in [0.5, 0.6) is 0 Å². The number of thiocarbonyl (C=S) groups is 1. The van der Waals surface area contributed by atoms with E-state index in [1.807, 2.05) is 5.38 Å². The lowest BCUT2D eigenvalue weighted by Gasteiger charge is -2.06. The van der Waals surface area contributed by atoms with Crippen molar-refractivity contribution in [2.75, 3.05) is 11.9 Å². The van der Waals surface area contributed by atoms with Crippen LogP contribution in [0, 0.1) is 0 Å². The lowest BCUT2D eigenvalue weighted by molar-refractivity contribution is 0.894. The molecule has 0 aliphatic rings. The number of hydrogen-bond acceptors (Lipinski definition) is 3. The second-order valence-electron chi connectivity index (χ2n) is 2.89. The molecular formula is C10H15N3S2. The third kappa shape index (κ3) is 5.49. The van der Waals surface area contributed by atoms with Crippen LogP contribution >= 0.6 is 23.6 Å². The van der Waals surface area contributed by atoms with Gasteiger partial charge in [-0.1, -0.05) is 19.1 Å². The van der Waals surface area contributed by atoms with Crippen molar-refractivity contribution in [1.29, 1.82) is 0 Å². The maximum Gasteiger partial charge on any atom is 0.188 e. The zero-order valence-electron chi connectivity index (χ0n) is 8.69. The zero-order chi connectivity index (χ0) is 10.9. The molecule has 0 unspecified atom stereocenters. The highest BCUT2D eigenvalue weighted by Gasteiger charge is 1.97. The third-order valence-corrected chi connectivity index (χ3v) is 2.59. The van der Waals surface area contributed by atoms with E-state index in [1.165, 1.54) is 11.3 Å². The van der Waals surface area contributed by atoms with E-state index in [9.17, 15) is 0 Å². The van der Waals surface area contributed by atoms with Gasteiger partial charge in [-0.15, -0.1) is 11.3 Å². The molecule has 0 aliphatic carbocycles. The fourth-order valence-electron chi connectivity index (χ4n) is 0.980. The molecule has 1 aromatic rings. The van der Waals surface area contributed by atoms with Gasteiger partial charge in [0.25, 0.3) is 0 Å². The van der Waals surface area contributed by atoms with E-state index in [4.69, 9.17) is 12.2 Å². The van der Waals surface area contributed by atoms with E-state index < -0.39 is 0 Å². The van der Waals surface area contributed by atoms with Gasteiger partial charge >= 0.3 is 0 Å². The van der Waals surface area contributed by atoms with Crippen LogP contribution in [0.1, 0.15) is 19.8 Å². The Hall–Kier alpha value is -0.940. The molecule has 0 bridgehead atoms. The number of rotatable bonds is 5. The Balaban J connectivity index is 2.11. The van der Waals surface area contributed by atoms with Crippen LogP contribution in [0.25, 0.3) is 0 Å². The van der Waals surface area contributed by atoms with Gasteiger partial charge in [-0.3, -0.25) is 0 Å². The second-order valence-corrected chi connectivity index (χ2v) is 4.19. The summed E-state index contributed by atoms with van der Waals surface area (Å²) in [4.78, 5) is 4.08. The number of nitrogens with one attached hydrogen (secondary N) is 2. The molecule has 0 saturated carbocycles. The average molecular weight is 241 g/mol. The van der Waals surface area contributed by atoms with E-state index in [2.05, 4.69) is 34.7 Å². The summed E-state index contributed by atoms with van der Waals surface area (Å²) in [5.41, 5.74) is 0. The number of anilines is 1. The standard InChI is InChI=1S/C10H15N3S2/c1-2-3-4-5-6-11-9(14)13-10-12-7-8-15-10/h3-4,7-8H,2,5-6H2,1H3,(H2,11,12,13,14)/b4-3+. The van der Waals surface area contributed by atoms with Crippen molar-refractivity contribution in [3.05, 3.63) is 23.7 Å². The van der Waals surface area contributed by atoms with Gasteiger partial charge in [-0.2, -0.15) is 0 Å². The van der Waals surface area contributed by atoms with Gasteiger partial charge in [-0.05, 0) is 25.1 Å². The van der Waals surface area contributed by atoms with Crippen molar-refractivity contribution >= 4 is 33.8 Å². The summed E-state index contributed by atoms with van der Waals surface area (Å²) in [5.74, 6) is 0. The molecule has 1 rings (SSSR count). The van der Waals surface area contributed by atoms with Crippen LogP contribution < -0.4 is 10.6 Å². The Kier molecular flexibility index (Phi) is 5.96. The monoisotopic (exact) mass is 241 g/mol. The predicted octanol–water partition coefficient (Wildman–Crippen LogP) is 2.79. The fraction of sp³-hybridized carbons (Fsp3) is 0.400. The summed E-state index contributed by atoms with van der Waals surface area (Å²) in [5, 5.41) is 9.51. The lowest BCUT2D eigenvalue weighted by atomic mass is 10.3. The summed E-state index contributed by atoms with van der Waals surface area (Å²) >= 11 is 6.64. The molecule has 3 nitrogen and oxygen atoms in total. The van der Waals surface area contributed by atoms with Crippen LogP contribution in [0.3, 0.4) is 0 Å². The summed E-state index contributed by atoms with van der Waals surface area (Å²) in [7, 11) is 0. The van der Waals surface area contributed by atoms with Gasteiger partial charge in [0, 0.05) is 18.1 Å². The van der Waals surface area contributed by atoms with Crippen molar-refractivity contribution in [1.82, 2.24) is 10.3 Å². The first-order chi connectivity index (χ1) is 7.33. The number of aromatic nitrogens is 1. The molecule has 5 heteroatoms. The molecule has 2 N–H and O–H groups in total. The molecule has 82 valence electrons. The zero-order valence-corrected chi connectivity index (χ0v) is 10.3. The molecule has 0 fully saturated rings. The Morgan fingerprint density at radius 3 is 3.13 bits per heavy atom. The van der Waals surface area contributed by atoms with Gasteiger partial charge in [-0.25, -0.2) is 4.98 Å². The highest BCUT2D eigenvalue weighted by molar-refractivity contribution is 7.80. The van der Waals surface area contributed by atoms with Gasteiger partial charge in [0.2, 0.25) is 0 Å². The molecule has 0 atom stereocenters. The van der Waals surface area contributed by atoms with E-state index in [-0.39, 0.29) is 0 Å². The Labute approximate surface area is 99.6 Å². The Morgan fingerprint density at radius 2 is 2.47 bits per heavy atom. The maximum atomic E-state index is 5.10. The topological polar surface area (TPSA) is 37.0 Å². The molecule has 1 heterocycles. The molecule has 0 saturated heterocycles. The predicted molar refractivity (Wildman–Crippen MR) is 70.4 cm³/mol. The van der Waals surface area contributed by atoms with Crippen molar-refractivity contribution < 1.29 is 0 Å². The molecule has 0 spiro atoms. The van der Waals surface area contributed by atoms with Crippen molar-refractivity contribution in [2.45, 2.75) is 19.8 Å². The van der Waals surface area contributed by atoms with Crippen LogP contribution in [0.2, 0.25) is 0 Å². The largest absolute Gasteiger partial charge is 0.362 e. The summed E-state index contributed by atoms with van der Waals surface area (Å²) in [6.07, 6.45) is 8.13. The summed E-state index contributed by atoms with van der Waals surface area (Å²) in [6, 6.07) is 0. The number of thiazole rings is 1. The quantitative estimate of drug-likeness (QED) is 0.472. The van der Waals surface area contributed by atoms with Crippen molar-refractivity contribution in [2.24, 2.45) is 0 Å². The summed E-state index contributed by atoms with van der Waals surface area (Å²) < 4.78 is 0. The molecule has 0 radical (unpaired) electrons. The highest BCUT2D eigenvalue weighted by atomic mass is 32.1. The van der Waals surface area contributed by atoms with E-state index in [1.54, 1.807) is 6.20 Å². The normalized spacial score (nSPS) is 10.5. The first-order valence-electron chi connectivity index (χ1n) is 4.92. The fourth-order valence-corrected chi connectivity index (χ4v) is 1.78. The molecule has 15 heavy (non-hydrogen) atoms. The average Bonchev–Trinajstić information content (AvgIpc) is 2.70. The van der Waals surface area contributed by atoms with E-state index >= 15 is 0 Å². The van der Waals surface area contributed by atoms with Crippen LogP contribution in [0.4, 0.5) is 5.13 Å². The highest BCUT2D eigenvalue weighted by Crippen LogP contribution is 2.09. The molecule has 0 aromatic carbocycles. The molecule has 0 aliphatic heterocycles. The van der Waals surface area contributed by atoms with E-state index in [0.29, 0.717) is 5.11 Å². The minimum absolute atomic E-state index is 0.634. The molecule has 0 amide bonds. The Bertz CT molecular complexity index is 306. The van der Waals surface area contributed by atoms with Crippen LogP contribution in [-0.2, 0) is 0 Å². The van der Waals surface area contributed by atoms with Gasteiger partial charge in [0.05, 0.1) is 0 Å². The lowest BCUT2D eigenvalue weighted by Crippen LogP contribution is -2.28. The van der Waals surface area contributed by atoms with Crippen molar-refractivity contribution in [3.63, 3.8) is 0 Å². The SMILES string of the molecule is CC/C=C/CCNC(=S)Nc1nccs1. The third-order valence-electron chi connectivity index (χ3n) is 1.65. The van der Waals surface area contributed by atoms with Gasteiger partial charge in [0.1, 0.15) is 0 Å². The van der Waals surface area contributed by atoms with Crippen LogP contribution in [0.15, 0.2) is 23.7 Å². The minimum Gasteiger partial charge on any atom is -0.362 e.